The van der Waals surface area contributed by atoms with E-state index in [2.05, 4.69) is 0 Å². The third-order valence-corrected chi connectivity index (χ3v) is 7.49. The summed E-state index contributed by atoms with van der Waals surface area (Å²) in [6.45, 7) is -0.566. The Morgan fingerprint density at radius 2 is 1.68 bits per heavy atom. The first kappa shape index (κ1) is 27.5. The number of benzene rings is 3. The largest absolute Gasteiger partial charge is 0.487 e. The van der Waals surface area contributed by atoms with Crippen LogP contribution in [0.1, 0.15) is 11.1 Å². The molecule has 0 aliphatic carbocycles. The number of halogens is 6. The molecular formula is C26H23F6N2O3S+. The molecule has 38 heavy (non-hydrogen) atoms. The van der Waals surface area contributed by atoms with Crippen molar-refractivity contribution in [2.24, 2.45) is 0 Å². The summed E-state index contributed by atoms with van der Waals surface area (Å²) in [5.41, 5.74) is 1.44. The van der Waals surface area contributed by atoms with Crippen LogP contribution >= 0.6 is 0 Å². The summed E-state index contributed by atoms with van der Waals surface area (Å²) >= 11 is 0. The Bertz CT molecular complexity index is 1540. The Hall–Kier alpha value is -3.51. The maximum absolute atomic E-state index is 14.0. The van der Waals surface area contributed by atoms with Gasteiger partial charge >= 0.3 is 12.3 Å². The smallest absolute Gasteiger partial charge is 0.340 e. The number of quaternary nitrogens is 1. The second-order valence-electron chi connectivity index (χ2n) is 8.60. The minimum absolute atomic E-state index is 0.0314. The van der Waals surface area contributed by atoms with Crippen LogP contribution in [0.5, 0.6) is 5.75 Å². The van der Waals surface area contributed by atoms with Crippen molar-refractivity contribution in [2.75, 3.05) is 13.2 Å². The third kappa shape index (κ3) is 6.13. The molecule has 0 aliphatic heterocycles. The quantitative estimate of drug-likeness (QED) is 0.214. The van der Waals surface area contributed by atoms with Crippen LogP contribution in [0.2, 0.25) is 0 Å². The van der Waals surface area contributed by atoms with Crippen molar-refractivity contribution >= 4 is 20.9 Å². The van der Waals surface area contributed by atoms with Gasteiger partial charge < -0.3 is 10.1 Å². The van der Waals surface area contributed by atoms with E-state index in [1.165, 1.54) is 42.6 Å². The Morgan fingerprint density at radius 1 is 0.947 bits per heavy atom. The number of nitrogens with two attached hydrogens (primary N) is 1. The molecule has 0 fully saturated rings. The predicted octanol–water partition coefficient (Wildman–Crippen LogP) is 4.74. The standard InChI is InChI=1S/C26H22F6N2O3S/c27-19-4-2-6-22(12-19)38(35,36)34-15-18(23-8-7-20(28)13-24(23)34)9-10-33-14-17-3-1-5-21(11-17)37-16-26(31,32)25(29)30/h1-8,11-13,15,25,33H,9-10,14,16H2/p+1. The van der Waals surface area contributed by atoms with Crippen molar-refractivity contribution < 1.29 is 44.8 Å². The third-order valence-electron chi connectivity index (χ3n) is 5.82. The first-order valence-corrected chi connectivity index (χ1v) is 12.9. The van der Waals surface area contributed by atoms with E-state index in [4.69, 9.17) is 4.74 Å². The van der Waals surface area contributed by atoms with Crippen molar-refractivity contribution in [3.8, 4) is 5.75 Å². The van der Waals surface area contributed by atoms with Gasteiger partial charge in [-0.15, -0.1) is 0 Å². The lowest BCUT2D eigenvalue weighted by atomic mass is 10.1. The molecule has 2 N–H and O–H groups in total. The molecule has 0 atom stereocenters. The zero-order valence-electron chi connectivity index (χ0n) is 19.8. The summed E-state index contributed by atoms with van der Waals surface area (Å²) in [7, 11) is -4.20. The molecule has 0 aliphatic rings. The van der Waals surface area contributed by atoms with Crippen molar-refractivity contribution in [1.29, 1.82) is 0 Å². The van der Waals surface area contributed by atoms with Gasteiger partial charge in [-0.1, -0.05) is 18.2 Å². The molecule has 0 spiro atoms. The fourth-order valence-corrected chi connectivity index (χ4v) is 5.32. The fraction of sp³-hybridized carbons (Fsp3) is 0.231. The summed E-state index contributed by atoms with van der Waals surface area (Å²) in [6, 6.07) is 14.5. The summed E-state index contributed by atoms with van der Waals surface area (Å²) in [4.78, 5) is -0.273. The lowest BCUT2D eigenvalue weighted by molar-refractivity contribution is -0.670. The van der Waals surface area contributed by atoms with Crippen molar-refractivity contribution in [3.63, 3.8) is 0 Å². The van der Waals surface area contributed by atoms with Crippen molar-refractivity contribution in [3.05, 3.63) is 95.7 Å². The zero-order valence-corrected chi connectivity index (χ0v) is 20.6. The number of ether oxygens (including phenoxy) is 1. The highest BCUT2D eigenvalue weighted by Crippen LogP contribution is 2.28. The van der Waals surface area contributed by atoms with Gasteiger partial charge in [0.25, 0.3) is 10.0 Å². The topological polar surface area (TPSA) is 64.9 Å². The Morgan fingerprint density at radius 3 is 2.42 bits per heavy atom. The molecule has 0 bridgehead atoms. The number of hydrogen-bond donors (Lipinski definition) is 1. The minimum atomic E-state index is -4.26. The van der Waals surface area contributed by atoms with Crippen LogP contribution < -0.4 is 10.1 Å². The highest BCUT2D eigenvalue weighted by atomic mass is 32.2. The Labute approximate surface area is 214 Å². The van der Waals surface area contributed by atoms with Gasteiger partial charge in [0.05, 0.1) is 17.0 Å². The summed E-state index contributed by atoms with van der Waals surface area (Å²) in [5.74, 6) is -5.57. The summed E-state index contributed by atoms with van der Waals surface area (Å²) in [6.07, 6.45) is -2.05. The highest BCUT2D eigenvalue weighted by molar-refractivity contribution is 7.90. The van der Waals surface area contributed by atoms with Crippen LogP contribution in [-0.2, 0) is 23.0 Å². The van der Waals surface area contributed by atoms with Gasteiger partial charge in [-0.3, -0.25) is 0 Å². The first-order valence-electron chi connectivity index (χ1n) is 11.5. The van der Waals surface area contributed by atoms with Crippen molar-refractivity contribution in [1.82, 2.24) is 3.97 Å². The molecular weight excluding hydrogens is 534 g/mol. The summed E-state index contributed by atoms with van der Waals surface area (Å²) in [5, 5.41) is 2.40. The van der Waals surface area contributed by atoms with Gasteiger partial charge in [0.15, 0.2) is 6.61 Å². The molecule has 0 saturated heterocycles. The van der Waals surface area contributed by atoms with E-state index in [0.717, 1.165) is 22.2 Å². The molecule has 1 aromatic heterocycles. The van der Waals surface area contributed by atoms with E-state index < -0.39 is 40.6 Å². The van der Waals surface area contributed by atoms with Gasteiger partial charge in [-0.25, -0.2) is 30.0 Å². The van der Waals surface area contributed by atoms with E-state index in [0.29, 0.717) is 36.0 Å². The van der Waals surface area contributed by atoms with Crippen LogP contribution in [0.3, 0.4) is 0 Å². The number of hydrogen-bond acceptors (Lipinski definition) is 3. The number of alkyl halides is 4. The van der Waals surface area contributed by atoms with E-state index in [-0.39, 0.29) is 16.2 Å². The van der Waals surface area contributed by atoms with Crippen LogP contribution in [0, 0.1) is 11.6 Å². The number of rotatable bonds is 11. The predicted molar refractivity (Wildman–Crippen MR) is 128 cm³/mol. The second-order valence-corrected chi connectivity index (χ2v) is 10.4. The molecule has 3 aromatic carbocycles. The molecule has 0 saturated carbocycles. The fourth-order valence-electron chi connectivity index (χ4n) is 3.91. The average Bonchev–Trinajstić information content (AvgIpc) is 3.24. The average molecular weight is 558 g/mol. The van der Waals surface area contributed by atoms with Crippen molar-refractivity contribution in [2.45, 2.75) is 30.2 Å². The van der Waals surface area contributed by atoms with Gasteiger partial charge in [-0.2, -0.15) is 8.78 Å². The molecule has 0 radical (unpaired) electrons. The van der Waals surface area contributed by atoms with Crippen LogP contribution in [0.4, 0.5) is 26.3 Å². The SMILES string of the molecule is O=S(=O)(c1cccc(F)c1)n1cc(CC[NH2+]Cc2cccc(OCC(F)(F)C(F)F)c2)c2ccc(F)cc21. The van der Waals surface area contributed by atoms with Gasteiger partial charge in [0, 0.05) is 23.6 Å². The molecule has 4 rings (SSSR count). The minimum Gasteiger partial charge on any atom is -0.487 e. The monoisotopic (exact) mass is 557 g/mol. The van der Waals surface area contributed by atoms with E-state index in [1.807, 2.05) is 5.32 Å². The normalized spacial score (nSPS) is 12.4. The lowest BCUT2D eigenvalue weighted by Crippen LogP contribution is -2.83. The molecule has 12 heteroatoms. The molecule has 4 aromatic rings. The number of aromatic nitrogens is 1. The van der Waals surface area contributed by atoms with Crippen LogP contribution in [0.25, 0.3) is 10.9 Å². The summed E-state index contributed by atoms with van der Waals surface area (Å²) < 4.78 is 111. The molecule has 0 amide bonds. The number of nitrogens with zero attached hydrogens (tertiary/aromatic N) is 1. The van der Waals surface area contributed by atoms with E-state index in [1.54, 1.807) is 12.1 Å². The molecule has 5 nitrogen and oxygen atoms in total. The van der Waals surface area contributed by atoms with E-state index in [9.17, 15) is 34.8 Å². The number of fused-ring (bicyclic) bond motifs is 1. The zero-order chi connectivity index (χ0) is 27.5. The molecule has 1 heterocycles. The molecule has 0 unspecified atom stereocenters. The first-order chi connectivity index (χ1) is 18.0. The van der Waals surface area contributed by atoms with Crippen LogP contribution in [0.15, 0.2) is 77.8 Å². The molecule has 202 valence electrons. The Kier molecular flexibility index (Phi) is 8.02. The van der Waals surface area contributed by atoms with Crippen LogP contribution in [-0.4, -0.2) is 37.9 Å². The lowest BCUT2D eigenvalue weighted by Gasteiger charge is -2.16. The highest BCUT2D eigenvalue weighted by Gasteiger charge is 2.41. The van der Waals surface area contributed by atoms with Gasteiger partial charge in [0.2, 0.25) is 0 Å². The maximum Gasteiger partial charge on any atom is 0.340 e. The Balaban J connectivity index is 1.46. The second kappa shape index (κ2) is 11.1. The maximum atomic E-state index is 14.0. The van der Waals surface area contributed by atoms with Gasteiger partial charge in [-0.05, 0) is 54.1 Å². The van der Waals surface area contributed by atoms with E-state index >= 15 is 0 Å². The van der Waals surface area contributed by atoms with Gasteiger partial charge in [0.1, 0.15) is 23.9 Å².